The van der Waals surface area contributed by atoms with E-state index in [2.05, 4.69) is 27.8 Å². The van der Waals surface area contributed by atoms with Crippen LogP contribution in [0.15, 0.2) is 18.3 Å². The first kappa shape index (κ1) is 22.9. The molecule has 2 saturated heterocycles. The van der Waals surface area contributed by atoms with E-state index in [4.69, 9.17) is 0 Å². The molecule has 0 radical (unpaired) electrons. The van der Waals surface area contributed by atoms with Gasteiger partial charge in [0.05, 0.1) is 0 Å². The van der Waals surface area contributed by atoms with Gasteiger partial charge in [0.1, 0.15) is 5.82 Å². The number of hydrogen-bond donors (Lipinski definition) is 2. The number of piperidine rings is 2. The summed E-state index contributed by atoms with van der Waals surface area (Å²) in [6.07, 6.45) is 6.74. The van der Waals surface area contributed by atoms with Gasteiger partial charge in [-0.2, -0.15) is 5.10 Å². The average molecular weight is 404 g/mol. The van der Waals surface area contributed by atoms with Crippen LogP contribution in [0, 0.1) is 11.8 Å². The molecule has 0 aliphatic carbocycles. The third kappa shape index (κ3) is 6.56. The van der Waals surface area contributed by atoms with Crippen LogP contribution in [0.3, 0.4) is 0 Å². The quantitative estimate of drug-likeness (QED) is 0.790. The van der Waals surface area contributed by atoms with Crippen molar-refractivity contribution in [3.63, 3.8) is 0 Å². The molecule has 1 atom stereocenters. The molecule has 26 heavy (non-hydrogen) atoms. The highest BCUT2D eigenvalue weighted by atomic mass is 35.5. The van der Waals surface area contributed by atoms with Crippen molar-refractivity contribution in [1.82, 2.24) is 20.4 Å². The van der Waals surface area contributed by atoms with Crippen LogP contribution in [0.5, 0.6) is 0 Å². The van der Waals surface area contributed by atoms with E-state index in [0.717, 1.165) is 44.8 Å². The maximum absolute atomic E-state index is 12.6. The number of carbonyl (C=O) groups excluding carboxylic acids is 1. The summed E-state index contributed by atoms with van der Waals surface area (Å²) in [7, 11) is 0. The normalized spacial score (nSPS) is 19.8. The summed E-state index contributed by atoms with van der Waals surface area (Å²) in [4.78, 5) is 14.6. The lowest BCUT2D eigenvalue weighted by atomic mass is 9.84. The van der Waals surface area contributed by atoms with Crippen LogP contribution < -0.4 is 10.6 Å². The van der Waals surface area contributed by atoms with Gasteiger partial charge >= 0.3 is 0 Å². The molecule has 3 rings (SSSR count). The Labute approximate surface area is 168 Å². The zero-order chi connectivity index (χ0) is 16.8. The van der Waals surface area contributed by atoms with Crippen molar-refractivity contribution in [3.05, 3.63) is 18.3 Å². The highest BCUT2D eigenvalue weighted by molar-refractivity contribution is 5.85. The first-order valence-electron chi connectivity index (χ1n) is 9.25. The fourth-order valence-electron chi connectivity index (χ4n) is 3.85. The second-order valence-corrected chi connectivity index (χ2v) is 7.18. The molecule has 0 aromatic carbocycles. The van der Waals surface area contributed by atoms with E-state index in [-0.39, 0.29) is 24.8 Å². The summed E-state index contributed by atoms with van der Waals surface area (Å²) in [6.45, 7) is 6.13. The smallest absolute Gasteiger partial charge is 0.222 e. The fourth-order valence-corrected chi connectivity index (χ4v) is 3.85. The van der Waals surface area contributed by atoms with Gasteiger partial charge in [0.15, 0.2) is 0 Å². The Kier molecular flexibility index (Phi) is 10.2. The Bertz CT molecular complexity index is 520. The largest absolute Gasteiger partial charge is 0.366 e. The number of aromatic nitrogens is 2. The standard InChI is InChI=1S/C18H29N5O.2ClH/c1-14(15-4-9-19-10-5-15)13-18(24)23-11-6-16(7-12-23)21-17-3-2-8-20-22-17;;/h2-3,8,14-16,19H,4-7,9-13H2,1H3,(H,21,22);2*1H. The Morgan fingerprint density at radius 2 is 1.96 bits per heavy atom. The van der Waals surface area contributed by atoms with E-state index in [9.17, 15) is 4.79 Å². The Balaban J connectivity index is 0.00000169. The number of nitrogens with one attached hydrogen (secondary N) is 2. The molecule has 2 fully saturated rings. The summed E-state index contributed by atoms with van der Waals surface area (Å²) < 4.78 is 0. The number of halogens is 2. The molecule has 1 aromatic rings. The number of hydrogen-bond acceptors (Lipinski definition) is 5. The van der Waals surface area contributed by atoms with Crippen LogP contribution in [0.2, 0.25) is 0 Å². The molecule has 8 heteroatoms. The van der Waals surface area contributed by atoms with E-state index >= 15 is 0 Å². The second kappa shape index (κ2) is 11.6. The molecule has 148 valence electrons. The highest BCUT2D eigenvalue weighted by Crippen LogP contribution is 2.25. The summed E-state index contributed by atoms with van der Waals surface area (Å²) >= 11 is 0. The molecule has 1 amide bonds. The predicted octanol–water partition coefficient (Wildman–Crippen LogP) is 2.75. The maximum atomic E-state index is 12.6. The summed E-state index contributed by atoms with van der Waals surface area (Å²) in [5.74, 6) is 2.35. The maximum Gasteiger partial charge on any atom is 0.222 e. The Morgan fingerprint density at radius 1 is 1.27 bits per heavy atom. The number of nitrogens with zero attached hydrogens (tertiary/aromatic N) is 3. The van der Waals surface area contributed by atoms with Gasteiger partial charge in [0.2, 0.25) is 5.91 Å². The van der Waals surface area contributed by atoms with Crippen molar-refractivity contribution in [3.8, 4) is 0 Å². The molecule has 1 unspecified atom stereocenters. The summed E-state index contributed by atoms with van der Waals surface area (Å²) in [5.41, 5.74) is 0. The minimum atomic E-state index is 0. The van der Waals surface area contributed by atoms with Gasteiger partial charge in [-0.3, -0.25) is 4.79 Å². The van der Waals surface area contributed by atoms with E-state index < -0.39 is 0 Å². The van der Waals surface area contributed by atoms with Crippen LogP contribution in [-0.4, -0.2) is 53.2 Å². The lowest BCUT2D eigenvalue weighted by molar-refractivity contribution is -0.133. The monoisotopic (exact) mass is 403 g/mol. The van der Waals surface area contributed by atoms with Crippen LogP contribution in [0.25, 0.3) is 0 Å². The number of likely N-dealkylation sites (tertiary alicyclic amines) is 1. The zero-order valence-corrected chi connectivity index (χ0v) is 17.0. The van der Waals surface area contributed by atoms with Crippen molar-refractivity contribution < 1.29 is 4.79 Å². The molecule has 2 aliphatic heterocycles. The first-order chi connectivity index (χ1) is 11.7. The topological polar surface area (TPSA) is 70.2 Å². The van der Waals surface area contributed by atoms with Crippen molar-refractivity contribution >= 4 is 36.5 Å². The van der Waals surface area contributed by atoms with Crippen LogP contribution in [-0.2, 0) is 4.79 Å². The molecule has 2 aliphatic rings. The van der Waals surface area contributed by atoms with Gasteiger partial charge in [0, 0.05) is 31.7 Å². The van der Waals surface area contributed by atoms with E-state index in [1.807, 2.05) is 17.0 Å². The lowest BCUT2D eigenvalue weighted by Crippen LogP contribution is -2.43. The minimum Gasteiger partial charge on any atom is -0.366 e. The molecule has 0 spiro atoms. The molecule has 1 aromatic heterocycles. The minimum absolute atomic E-state index is 0. The van der Waals surface area contributed by atoms with E-state index in [1.165, 1.54) is 12.8 Å². The van der Waals surface area contributed by atoms with E-state index in [0.29, 0.717) is 30.2 Å². The third-order valence-electron chi connectivity index (χ3n) is 5.46. The van der Waals surface area contributed by atoms with Gasteiger partial charge < -0.3 is 15.5 Å². The molecule has 3 heterocycles. The number of amides is 1. The van der Waals surface area contributed by atoms with Crippen molar-refractivity contribution in [1.29, 1.82) is 0 Å². The first-order valence-corrected chi connectivity index (χ1v) is 9.25. The van der Waals surface area contributed by atoms with Crippen LogP contribution in [0.1, 0.15) is 39.0 Å². The van der Waals surface area contributed by atoms with Gasteiger partial charge in [-0.1, -0.05) is 6.92 Å². The average Bonchev–Trinajstić information content (AvgIpc) is 2.64. The summed E-state index contributed by atoms with van der Waals surface area (Å²) in [5, 5.41) is 14.8. The molecular formula is C18H31Cl2N5O. The fraction of sp³-hybridized carbons (Fsp3) is 0.722. The van der Waals surface area contributed by atoms with Gasteiger partial charge in [-0.25, -0.2) is 0 Å². The zero-order valence-electron chi connectivity index (χ0n) is 15.4. The van der Waals surface area contributed by atoms with Crippen molar-refractivity contribution in [2.75, 3.05) is 31.5 Å². The summed E-state index contributed by atoms with van der Waals surface area (Å²) in [6, 6.07) is 4.20. The lowest BCUT2D eigenvalue weighted by Gasteiger charge is -2.34. The van der Waals surface area contributed by atoms with Gasteiger partial charge in [-0.05, 0) is 62.7 Å². The molecule has 6 nitrogen and oxygen atoms in total. The SMILES string of the molecule is CC(CC(=O)N1CCC(Nc2cccnn2)CC1)C1CCNCC1.Cl.Cl. The third-order valence-corrected chi connectivity index (χ3v) is 5.46. The number of anilines is 1. The van der Waals surface area contributed by atoms with E-state index in [1.54, 1.807) is 6.20 Å². The van der Waals surface area contributed by atoms with Crippen molar-refractivity contribution in [2.24, 2.45) is 11.8 Å². The second-order valence-electron chi connectivity index (χ2n) is 7.18. The Morgan fingerprint density at radius 3 is 2.58 bits per heavy atom. The predicted molar refractivity (Wildman–Crippen MR) is 109 cm³/mol. The number of carbonyl (C=O) groups is 1. The Hall–Kier alpha value is -1.11. The van der Waals surface area contributed by atoms with Crippen LogP contribution in [0.4, 0.5) is 5.82 Å². The molecular weight excluding hydrogens is 373 g/mol. The van der Waals surface area contributed by atoms with Gasteiger partial charge in [-0.15, -0.1) is 29.9 Å². The molecule has 2 N–H and O–H groups in total. The van der Waals surface area contributed by atoms with Crippen LogP contribution >= 0.6 is 24.8 Å². The number of rotatable bonds is 5. The molecule has 0 bridgehead atoms. The molecule has 0 saturated carbocycles. The van der Waals surface area contributed by atoms with Crippen molar-refractivity contribution in [2.45, 2.75) is 45.1 Å². The highest BCUT2D eigenvalue weighted by Gasteiger charge is 2.27. The van der Waals surface area contributed by atoms with Gasteiger partial charge in [0.25, 0.3) is 0 Å².